The minimum atomic E-state index is -2.27. The summed E-state index contributed by atoms with van der Waals surface area (Å²) >= 11 is 1.90. The molecule has 0 aromatic heterocycles. The molecule has 0 aliphatic heterocycles. The molecule has 1 aliphatic rings. The largest absolute Gasteiger partial charge is 0.488 e. The number of hydrogen-bond donors (Lipinski definition) is 2. The predicted molar refractivity (Wildman–Crippen MR) is 136 cm³/mol. The fourth-order valence-electron chi connectivity index (χ4n) is 3.76. The standard InChI is InChI=1S/C26H20F9IN2O2/c1-10(8-37-24-21(34)17(30)16(29)18(31)22(24)35)39-12-4-3-5-13(23(12)36)40-26(6-7-26)9-38-25-19(32)14(27)11(2)15(28)20(25)33/h3-5,10,37-38H,6-9H2,1-2H3/t10-/m0/s1. The molecule has 1 fully saturated rings. The normalized spacial score (nSPS) is 14.6. The molecule has 1 atom stereocenters. The summed E-state index contributed by atoms with van der Waals surface area (Å²) in [5.41, 5.74) is -3.85. The third kappa shape index (κ3) is 5.72. The molecule has 1 saturated carbocycles. The minimum Gasteiger partial charge on any atom is -0.488 e. The van der Waals surface area contributed by atoms with Crippen molar-refractivity contribution in [3.05, 3.63) is 79.7 Å². The van der Waals surface area contributed by atoms with E-state index in [0.29, 0.717) is 22.2 Å². The van der Waals surface area contributed by atoms with Gasteiger partial charge >= 0.3 is 0 Å². The first-order valence-corrected chi connectivity index (χ1v) is 12.8. The van der Waals surface area contributed by atoms with Crippen LogP contribution in [-0.2, 0) is 0 Å². The summed E-state index contributed by atoms with van der Waals surface area (Å²) in [6.07, 6.45) is 0.0972. The van der Waals surface area contributed by atoms with Crippen molar-refractivity contribution in [3.63, 3.8) is 0 Å². The molecule has 216 valence electrons. The number of rotatable bonds is 10. The summed E-state index contributed by atoms with van der Waals surface area (Å²) in [7, 11) is 0. The van der Waals surface area contributed by atoms with Gasteiger partial charge in [-0.15, -0.1) is 0 Å². The Morgan fingerprint density at radius 3 is 1.77 bits per heavy atom. The number of nitrogens with one attached hydrogen (secondary N) is 2. The number of hydrogen-bond acceptors (Lipinski definition) is 4. The van der Waals surface area contributed by atoms with Crippen LogP contribution in [0.4, 0.5) is 50.9 Å². The van der Waals surface area contributed by atoms with Crippen LogP contribution in [0, 0.1) is 62.8 Å². The molecule has 0 unspecified atom stereocenters. The third-order valence-electron chi connectivity index (χ3n) is 6.24. The summed E-state index contributed by atoms with van der Waals surface area (Å²) in [5.74, 6) is -16.0. The van der Waals surface area contributed by atoms with Crippen LogP contribution in [0.2, 0.25) is 0 Å². The van der Waals surface area contributed by atoms with E-state index in [1.165, 1.54) is 6.92 Å². The van der Waals surface area contributed by atoms with Gasteiger partial charge in [-0.3, -0.25) is 0 Å². The van der Waals surface area contributed by atoms with Crippen LogP contribution in [0.15, 0.2) is 18.2 Å². The van der Waals surface area contributed by atoms with E-state index < -0.39 is 81.0 Å². The zero-order valence-corrected chi connectivity index (χ0v) is 22.9. The average molecular weight is 690 g/mol. The molecule has 0 radical (unpaired) electrons. The Labute approximate surface area is 236 Å². The van der Waals surface area contributed by atoms with Crippen molar-refractivity contribution in [2.24, 2.45) is 0 Å². The van der Waals surface area contributed by atoms with E-state index in [1.807, 2.05) is 22.6 Å². The van der Waals surface area contributed by atoms with E-state index in [4.69, 9.17) is 9.47 Å². The van der Waals surface area contributed by atoms with Crippen LogP contribution in [-0.4, -0.2) is 24.8 Å². The van der Waals surface area contributed by atoms with Gasteiger partial charge in [0.1, 0.15) is 34.6 Å². The van der Waals surface area contributed by atoms with E-state index in [1.54, 1.807) is 18.2 Å². The number of anilines is 2. The molecule has 0 saturated heterocycles. The Bertz CT molecular complexity index is 1410. The maximum atomic E-state index is 14.2. The van der Waals surface area contributed by atoms with E-state index in [9.17, 15) is 39.5 Å². The Kier molecular flexibility index (Phi) is 8.57. The highest BCUT2D eigenvalue weighted by Gasteiger charge is 2.46. The van der Waals surface area contributed by atoms with Gasteiger partial charge in [-0.05, 0) is 61.4 Å². The van der Waals surface area contributed by atoms with Crippen LogP contribution in [0.1, 0.15) is 25.3 Å². The topological polar surface area (TPSA) is 42.5 Å². The first-order valence-electron chi connectivity index (χ1n) is 11.7. The first kappa shape index (κ1) is 29.9. The fourth-order valence-corrected chi connectivity index (χ4v) is 4.36. The summed E-state index contributed by atoms with van der Waals surface area (Å²) in [5, 5.41) is 4.56. The van der Waals surface area contributed by atoms with Crippen molar-refractivity contribution >= 4 is 34.0 Å². The average Bonchev–Trinajstić information content (AvgIpc) is 3.70. The second-order valence-corrected chi connectivity index (χ2v) is 10.3. The number of benzene rings is 3. The second kappa shape index (κ2) is 11.4. The van der Waals surface area contributed by atoms with Gasteiger partial charge in [0.05, 0.1) is 16.7 Å². The Morgan fingerprint density at radius 1 is 0.750 bits per heavy atom. The monoisotopic (exact) mass is 690 g/mol. The maximum absolute atomic E-state index is 14.2. The zero-order chi connectivity index (χ0) is 29.5. The van der Waals surface area contributed by atoms with Crippen molar-refractivity contribution in [1.29, 1.82) is 0 Å². The fraction of sp³-hybridized carbons (Fsp3) is 0.308. The highest BCUT2D eigenvalue weighted by Crippen LogP contribution is 2.43. The lowest BCUT2D eigenvalue weighted by molar-refractivity contribution is 0.187. The lowest BCUT2D eigenvalue weighted by atomic mass is 10.1. The highest BCUT2D eigenvalue weighted by atomic mass is 127. The van der Waals surface area contributed by atoms with Gasteiger partial charge < -0.3 is 20.1 Å². The van der Waals surface area contributed by atoms with Gasteiger partial charge in [0.25, 0.3) is 0 Å². The van der Waals surface area contributed by atoms with Gasteiger partial charge in [-0.2, -0.15) is 0 Å². The van der Waals surface area contributed by atoms with Gasteiger partial charge in [-0.25, -0.2) is 39.5 Å². The zero-order valence-electron chi connectivity index (χ0n) is 20.7. The quantitative estimate of drug-likeness (QED) is 0.0989. The van der Waals surface area contributed by atoms with E-state index in [0.717, 1.165) is 6.92 Å². The molecule has 3 aromatic rings. The minimum absolute atomic E-state index is 0.174. The number of ether oxygens (including phenoxy) is 2. The summed E-state index contributed by atoms with van der Waals surface area (Å²) in [4.78, 5) is 0. The first-order chi connectivity index (χ1) is 18.8. The van der Waals surface area contributed by atoms with Crippen molar-refractivity contribution in [2.75, 3.05) is 23.7 Å². The Morgan fingerprint density at radius 2 is 1.23 bits per heavy atom. The van der Waals surface area contributed by atoms with Crippen LogP contribution >= 0.6 is 22.6 Å². The van der Waals surface area contributed by atoms with E-state index in [-0.39, 0.29) is 18.8 Å². The molecule has 0 heterocycles. The molecule has 0 bridgehead atoms. The molecular weight excluding hydrogens is 670 g/mol. The van der Waals surface area contributed by atoms with Gasteiger partial charge in [0, 0.05) is 5.56 Å². The molecule has 3 aromatic carbocycles. The van der Waals surface area contributed by atoms with Gasteiger partial charge in [0.15, 0.2) is 46.5 Å². The lowest BCUT2D eigenvalue weighted by Gasteiger charge is -2.23. The summed E-state index contributed by atoms with van der Waals surface area (Å²) in [6, 6.07) is 4.69. The summed E-state index contributed by atoms with van der Waals surface area (Å²) in [6.45, 7) is 1.89. The van der Waals surface area contributed by atoms with Crippen molar-refractivity contribution in [1.82, 2.24) is 0 Å². The van der Waals surface area contributed by atoms with E-state index in [2.05, 4.69) is 10.6 Å². The number of halogens is 10. The van der Waals surface area contributed by atoms with Crippen molar-refractivity contribution < 1.29 is 49.0 Å². The maximum Gasteiger partial charge on any atom is 0.200 e. The van der Waals surface area contributed by atoms with E-state index >= 15 is 0 Å². The van der Waals surface area contributed by atoms with Gasteiger partial charge in [0.2, 0.25) is 5.82 Å². The van der Waals surface area contributed by atoms with Crippen LogP contribution in [0.3, 0.4) is 0 Å². The summed E-state index contributed by atoms with van der Waals surface area (Å²) < 4.78 is 136. The Hall–Kier alpha value is -3.04. The SMILES string of the molecule is Cc1c(F)c(F)c(NCC2(Oc3cccc(O[C@@H](C)CNc4c(F)c(F)c(F)c(F)c4F)c3I)CC2)c(F)c1F. The second-order valence-electron chi connectivity index (χ2n) is 9.22. The molecule has 0 amide bonds. The predicted octanol–water partition coefficient (Wildman–Crippen LogP) is 7.75. The third-order valence-corrected chi connectivity index (χ3v) is 7.30. The van der Waals surface area contributed by atoms with Gasteiger partial charge in [-0.1, -0.05) is 6.07 Å². The van der Waals surface area contributed by atoms with Crippen molar-refractivity contribution in [3.8, 4) is 11.5 Å². The smallest absolute Gasteiger partial charge is 0.200 e. The molecule has 40 heavy (non-hydrogen) atoms. The van der Waals surface area contributed by atoms with Crippen LogP contribution in [0.25, 0.3) is 0 Å². The molecule has 4 rings (SSSR count). The molecule has 1 aliphatic carbocycles. The van der Waals surface area contributed by atoms with Crippen LogP contribution < -0.4 is 20.1 Å². The molecule has 4 nitrogen and oxygen atoms in total. The lowest BCUT2D eigenvalue weighted by Crippen LogP contribution is -2.29. The molecule has 14 heteroatoms. The molecule has 2 N–H and O–H groups in total. The Balaban J connectivity index is 1.42. The highest BCUT2D eigenvalue weighted by molar-refractivity contribution is 14.1. The molecular formula is C26H20F9IN2O2. The van der Waals surface area contributed by atoms with Crippen molar-refractivity contribution in [2.45, 2.75) is 38.4 Å². The van der Waals surface area contributed by atoms with Crippen LogP contribution in [0.5, 0.6) is 11.5 Å². The molecule has 0 spiro atoms.